The Bertz CT molecular complexity index is 793. The first-order valence-electron chi connectivity index (χ1n) is 11.4. The smallest absolute Gasteiger partial charge is 0.191 e. The highest BCUT2D eigenvalue weighted by Crippen LogP contribution is 2.16. The van der Waals surface area contributed by atoms with Gasteiger partial charge < -0.3 is 20.8 Å². The quantitative estimate of drug-likeness (QED) is 0.218. The highest BCUT2D eigenvalue weighted by molar-refractivity contribution is 14.0. The number of benzene rings is 2. The maximum atomic E-state index is 10.3. The second-order valence-electron chi connectivity index (χ2n) is 8.16. The number of piperidine rings is 1. The monoisotopic (exact) mass is 552 g/mol. The molecule has 7 heteroatoms. The van der Waals surface area contributed by atoms with Gasteiger partial charge in [0.15, 0.2) is 5.96 Å². The Morgan fingerprint density at radius 2 is 1.69 bits per heavy atom. The maximum absolute atomic E-state index is 10.3. The van der Waals surface area contributed by atoms with E-state index in [0.29, 0.717) is 19.5 Å². The van der Waals surface area contributed by atoms with E-state index in [2.05, 4.69) is 44.8 Å². The Morgan fingerprint density at radius 1 is 1.03 bits per heavy atom. The van der Waals surface area contributed by atoms with Gasteiger partial charge >= 0.3 is 0 Å². The van der Waals surface area contributed by atoms with Crippen LogP contribution >= 0.6 is 24.0 Å². The Labute approximate surface area is 209 Å². The number of aliphatic hydroxyl groups excluding tert-OH is 2. The summed E-state index contributed by atoms with van der Waals surface area (Å²) in [6.07, 6.45) is 1.76. The molecule has 1 fully saturated rings. The first-order valence-corrected chi connectivity index (χ1v) is 11.4. The van der Waals surface area contributed by atoms with Gasteiger partial charge in [-0.15, -0.1) is 24.0 Å². The van der Waals surface area contributed by atoms with Crippen LogP contribution in [0.5, 0.6) is 0 Å². The standard InChI is InChI=1S/C25H36N4O2.HI/c1-2-26-25(27-15-12-24(31)22-6-4-3-5-7-22)28-18-20-8-10-21(11-9-20)19-29-16-13-23(30)14-17-29;/h3-11,23-24,30-31H,2,12-19H2,1H3,(H2,26,27,28);1H. The average molecular weight is 553 g/mol. The van der Waals surface area contributed by atoms with Crippen molar-refractivity contribution >= 4 is 29.9 Å². The van der Waals surface area contributed by atoms with Gasteiger partial charge in [0.1, 0.15) is 0 Å². The fraction of sp³-hybridized carbons (Fsp3) is 0.480. The van der Waals surface area contributed by atoms with E-state index in [1.807, 2.05) is 37.3 Å². The van der Waals surface area contributed by atoms with Crippen LogP contribution in [0.4, 0.5) is 0 Å². The van der Waals surface area contributed by atoms with E-state index in [1.54, 1.807) is 0 Å². The first kappa shape index (κ1) is 26.6. The second-order valence-corrected chi connectivity index (χ2v) is 8.16. The summed E-state index contributed by atoms with van der Waals surface area (Å²) in [6, 6.07) is 18.4. The van der Waals surface area contributed by atoms with Crippen molar-refractivity contribution in [3.8, 4) is 0 Å². The minimum atomic E-state index is -0.479. The van der Waals surface area contributed by atoms with E-state index in [4.69, 9.17) is 0 Å². The molecule has 1 aliphatic rings. The van der Waals surface area contributed by atoms with E-state index in [-0.39, 0.29) is 30.1 Å². The molecule has 0 saturated carbocycles. The predicted molar refractivity (Wildman–Crippen MR) is 141 cm³/mol. The zero-order valence-corrected chi connectivity index (χ0v) is 21.2. The van der Waals surface area contributed by atoms with Gasteiger partial charge in [-0.2, -0.15) is 0 Å². The van der Waals surface area contributed by atoms with Crippen LogP contribution < -0.4 is 10.6 Å². The third kappa shape index (κ3) is 9.05. The van der Waals surface area contributed by atoms with Gasteiger partial charge in [-0.3, -0.25) is 4.90 Å². The molecular formula is C25H37IN4O2. The van der Waals surface area contributed by atoms with Crippen molar-refractivity contribution in [1.29, 1.82) is 0 Å². The molecule has 0 aromatic heterocycles. The number of halogens is 1. The van der Waals surface area contributed by atoms with Crippen molar-refractivity contribution in [2.45, 2.75) is 51.5 Å². The van der Waals surface area contributed by atoms with Crippen LogP contribution in [-0.4, -0.2) is 53.4 Å². The van der Waals surface area contributed by atoms with Gasteiger partial charge in [0.25, 0.3) is 0 Å². The average Bonchev–Trinajstić information content (AvgIpc) is 2.80. The van der Waals surface area contributed by atoms with Crippen molar-refractivity contribution in [1.82, 2.24) is 15.5 Å². The van der Waals surface area contributed by atoms with Gasteiger partial charge in [-0.25, -0.2) is 4.99 Å². The number of aliphatic hydroxyl groups is 2. The number of guanidine groups is 1. The third-order valence-corrected chi connectivity index (χ3v) is 5.64. The topological polar surface area (TPSA) is 80.1 Å². The SMILES string of the molecule is CCNC(=NCc1ccc(CN2CCC(O)CC2)cc1)NCCC(O)c1ccccc1.I. The van der Waals surface area contributed by atoms with Crippen molar-refractivity contribution in [3.05, 3.63) is 71.3 Å². The lowest BCUT2D eigenvalue weighted by Crippen LogP contribution is -2.38. The van der Waals surface area contributed by atoms with E-state index in [0.717, 1.165) is 50.5 Å². The summed E-state index contributed by atoms with van der Waals surface area (Å²) in [7, 11) is 0. The summed E-state index contributed by atoms with van der Waals surface area (Å²) in [6.45, 7) is 6.94. The number of nitrogens with zero attached hydrogens (tertiary/aromatic N) is 2. The Kier molecular flexibility index (Phi) is 12.0. The molecule has 3 rings (SSSR count). The molecule has 0 spiro atoms. The van der Waals surface area contributed by atoms with Gasteiger partial charge in [0.2, 0.25) is 0 Å². The van der Waals surface area contributed by atoms with Crippen molar-refractivity contribution in [3.63, 3.8) is 0 Å². The van der Waals surface area contributed by atoms with Gasteiger partial charge in [0, 0.05) is 32.7 Å². The number of likely N-dealkylation sites (tertiary alicyclic amines) is 1. The van der Waals surface area contributed by atoms with Crippen LogP contribution in [0.2, 0.25) is 0 Å². The second kappa shape index (κ2) is 14.5. The van der Waals surface area contributed by atoms with E-state index in [9.17, 15) is 10.2 Å². The van der Waals surface area contributed by atoms with Crippen LogP contribution in [0, 0.1) is 0 Å². The summed E-state index contributed by atoms with van der Waals surface area (Å²) < 4.78 is 0. The van der Waals surface area contributed by atoms with Crippen LogP contribution in [-0.2, 0) is 13.1 Å². The Morgan fingerprint density at radius 3 is 2.34 bits per heavy atom. The molecule has 2 aromatic carbocycles. The Balaban J connectivity index is 0.00000363. The number of rotatable bonds is 9. The molecule has 0 aliphatic carbocycles. The summed E-state index contributed by atoms with van der Waals surface area (Å²) in [5.74, 6) is 0.763. The lowest BCUT2D eigenvalue weighted by molar-refractivity contribution is 0.0792. The lowest BCUT2D eigenvalue weighted by atomic mass is 10.1. The molecule has 0 amide bonds. The summed E-state index contributed by atoms with van der Waals surface area (Å²) in [5.41, 5.74) is 3.40. The normalized spacial score (nSPS) is 16.3. The number of nitrogens with one attached hydrogen (secondary N) is 2. The molecule has 6 nitrogen and oxygen atoms in total. The van der Waals surface area contributed by atoms with Crippen LogP contribution in [0.25, 0.3) is 0 Å². The zero-order valence-electron chi connectivity index (χ0n) is 18.9. The molecule has 1 saturated heterocycles. The van der Waals surface area contributed by atoms with Gasteiger partial charge in [-0.1, -0.05) is 54.6 Å². The van der Waals surface area contributed by atoms with E-state index < -0.39 is 6.10 Å². The van der Waals surface area contributed by atoms with Crippen molar-refractivity contribution in [2.24, 2.45) is 4.99 Å². The minimum absolute atomic E-state index is 0. The minimum Gasteiger partial charge on any atom is -0.393 e. The molecule has 4 N–H and O–H groups in total. The number of hydrogen-bond donors (Lipinski definition) is 4. The van der Waals surface area contributed by atoms with E-state index >= 15 is 0 Å². The van der Waals surface area contributed by atoms with Crippen molar-refractivity contribution in [2.75, 3.05) is 26.2 Å². The Hall–Kier alpha value is -1.68. The molecule has 2 aromatic rings. The molecule has 1 heterocycles. The highest BCUT2D eigenvalue weighted by Gasteiger charge is 2.16. The fourth-order valence-electron chi connectivity index (χ4n) is 3.77. The summed E-state index contributed by atoms with van der Waals surface area (Å²) in [4.78, 5) is 7.08. The van der Waals surface area contributed by atoms with Crippen LogP contribution in [0.15, 0.2) is 59.6 Å². The molecular weight excluding hydrogens is 515 g/mol. The summed E-state index contributed by atoms with van der Waals surface area (Å²) >= 11 is 0. The molecule has 32 heavy (non-hydrogen) atoms. The first-order chi connectivity index (χ1) is 15.1. The van der Waals surface area contributed by atoms with Crippen LogP contribution in [0.3, 0.4) is 0 Å². The van der Waals surface area contributed by atoms with Crippen molar-refractivity contribution < 1.29 is 10.2 Å². The third-order valence-electron chi connectivity index (χ3n) is 5.64. The maximum Gasteiger partial charge on any atom is 0.191 e. The molecule has 1 unspecified atom stereocenters. The molecule has 176 valence electrons. The fourth-order valence-corrected chi connectivity index (χ4v) is 3.77. The largest absolute Gasteiger partial charge is 0.393 e. The molecule has 0 radical (unpaired) electrons. The molecule has 1 atom stereocenters. The summed E-state index contributed by atoms with van der Waals surface area (Å²) in [5, 5.41) is 26.5. The number of aliphatic imine (C=N–C) groups is 1. The zero-order chi connectivity index (χ0) is 21.9. The lowest BCUT2D eigenvalue weighted by Gasteiger charge is -2.29. The predicted octanol–water partition coefficient (Wildman–Crippen LogP) is 3.44. The van der Waals surface area contributed by atoms with Crippen LogP contribution in [0.1, 0.15) is 49.0 Å². The van der Waals surface area contributed by atoms with E-state index in [1.165, 1.54) is 11.1 Å². The molecule has 0 bridgehead atoms. The highest BCUT2D eigenvalue weighted by atomic mass is 127. The molecule has 1 aliphatic heterocycles. The number of hydrogen-bond acceptors (Lipinski definition) is 4. The van der Waals surface area contributed by atoms with Gasteiger partial charge in [-0.05, 0) is 42.9 Å². The van der Waals surface area contributed by atoms with Gasteiger partial charge in [0.05, 0.1) is 18.8 Å².